The molecule has 0 spiro atoms. The molecule has 7 amide bonds. The molecule has 406 valence electrons. The van der Waals surface area contributed by atoms with E-state index in [0.29, 0.717) is 17.5 Å². The number of amides is 7. The van der Waals surface area contributed by atoms with Crippen molar-refractivity contribution in [1.82, 2.24) is 36.5 Å². The highest BCUT2D eigenvalue weighted by atomic mass is 19.1. The van der Waals surface area contributed by atoms with Gasteiger partial charge in [-0.15, -0.1) is 0 Å². The average molecular weight is 1040 g/mol. The van der Waals surface area contributed by atoms with Crippen molar-refractivity contribution in [2.75, 3.05) is 26.2 Å². The van der Waals surface area contributed by atoms with E-state index >= 15 is 0 Å². The van der Waals surface area contributed by atoms with Gasteiger partial charge in [-0.1, -0.05) is 30.3 Å². The Morgan fingerprint density at radius 3 is 2.19 bits per heavy atom. The van der Waals surface area contributed by atoms with Crippen LogP contribution in [-0.4, -0.2) is 131 Å². The minimum Gasteiger partial charge on any atom is -0.370 e. The molecule has 2 fully saturated rings. The molecule has 5 rings (SSSR count). The molecule has 0 aliphatic carbocycles. The van der Waals surface area contributed by atoms with Crippen LogP contribution in [0.15, 0.2) is 64.7 Å². The summed E-state index contributed by atoms with van der Waals surface area (Å²) in [7, 11) is 0. The molecule has 0 saturated carbocycles. The van der Waals surface area contributed by atoms with Crippen molar-refractivity contribution in [3.05, 3.63) is 71.7 Å². The predicted octanol–water partition coefficient (Wildman–Crippen LogP) is -0.524. The lowest BCUT2D eigenvalue weighted by atomic mass is 9.83. The van der Waals surface area contributed by atoms with Gasteiger partial charge in [0, 0.05) is 81.3 Å². The first kappa shape index (κ1) is 58.0. The summed E-state index contributed by atoms with van der Waals surface area (Å²) >= 11 is 0. The Kier molecular flexibility index (Phi) is 22.0. The van der Waals surface area contributed by atoms with Crippen molar-refractivity contribution in [1.29, 1.82) is 0 Å². The van der Waals surface area contributed by atoms with Crippen LogP contribution < -0.4 is 55.3 Å². The summed E-state index contributed by atoms with van der Waals surface area (Å²) in [5, 5.41) is 14.3. The molecule has 2 saturated heterocycles. The maximum atomic E-state index is 14.7. The van der Waals surface area contributed by atoms with Crippen LogP contribution in [-0.2, 0) is 56.0 Å². The summed E-state index contributed by atoms with van der Waals surface area (Å²) in [4.78, 5) is 138. The molecule has 0 radical (unpaired) electrons. The summed E-state index contributed by atoms with van der Waals surface area (Å²) in [6, 6.07) is 6.48. The third-order valence-electron chi connectivity index (χ3n) is 13.3. The number of aliphatic imine (C=N–C) groups is 2. The molecule has 2 aliphatic rings. The maximum Gasteiger partial charge on any atom is 0.245 e. The number of hydrogen-bond donors (Lipinski definition) is 11. The fourth-order valence-electron chi connectivity index (χ4n) is 9.43. The van der Waals surface area contributed by atoms with E-state index in [9.17, 15) is 47.5 Å². The van der Waals surface area contributed by atoms with Gasteiger partial charge in [0.1, 0.15) is 35.8 Å². The second-order valence-electron chi connectivity index (χ2n) is 19.1. The van der Waals surface area contributed by atoms with Gasteiger partial charge in [-0.2, -0.15) is 0 Å². The number of fused-ring (bicyclic) bond motifs is 2. The highest BCUT2D eigenvalue weighted by Crippen LogP contribution is 2.27. The van der Waals surface area contributed by atoms with Crippen molar-refractivity contribution in [2.24, 2.45) is 50.5 Å². The lowest BCUT2D eigenvalue weighted by molar-refractivity contribution is -0.142. The SMILES string of the molecule is CC(=O)N[C@@H](CCCN=C(N)N)C(=O)N[C@H]1CCC(=O)NCCC[C@@H](C(N)=O)NC(=O)[C@H](Cc2c[nH]c3ccccc23)CC(=O)[C@H](CCCN=C(N)N)CC(=O)[C@@H](Cc2ccc(F)cc2)NC(=O)[C@@H]2CCCN2C1=O. The number of hydrogen-bond acceptors (Lipinski definition) is 11. The Morgan fingerprint density at radius 2 is 1.49 bits per heavy atom. The molecule has 24 heteroatoms. The number of rotatable bonds is 16. The Labute approximate surface area is 433 Å². The Morgan fingerprint density at radius 1 is 0.800 bits per heavy atom. The number of guanidine groups is 2. The van der Waals surface area contributed by atoms with Crippen molar-refractivity contribution in [3.8, 4) is 0 Å². The van der Waals surface area contributed by atoms with Crippen LogP contribution in [0.4, 0.5) is 4.39 Å². The van der Waals surface area contributed by atoms with Crippen LogP contribution in [0.1, 0.15) is 95.1 Å². The summed E-state index contributed by atoms with van der Waals surface area (Å²) < 4.78 is 14.2. The Bertz CT molecular complexity index is 2580. The minimum absolute atomic E-state index is 0.00522. The number of nitrogens with zero attached hydrogens (tertiary/aromatic N) is 3. The van der Waals surface area contributed by atoms with E-state index in [1.807, 2.05) is 24.3 Å². The molecule has 7 atom stereocenters. The fourth-order valence-corrected chi connectivity index (χ4v) is 9.43. The first-order valence-electron chi connectivity index (χ1n) is 25.3. The van der Waals surface area contributed by atoms with Crippen LogP contribution in [0.3, 0.4) is 0 Å². The summed E-state index contributed by atoms with van der Waals surface area (Å²) in [5.74, 6) is -8.77. The number of para-hydroxylation sites is 1. The molecule has 75 heavy (non-hydrogen) atoms. The number of halogens is 1. The molecule has 23 nitrogen and oxygen atoms in total. The third kappa shape index (κ3) is 18.2. The van der Waals surface area contributed by atoms with Crippen molar-refractivity contribution in [3.63, 3.8) is 0 Å². The molecule has 0 unspecified atom stereocenters. The third-order valence-corrected chi connectivity index (χ3v) is 13.3. The zero-order valence-corrected chi connectivity index (χ0v) is 42.2. The monoisotopic (exact) mass is 1040 g/mol. The van der Waals surface area contributed by atoms with E-state index in [2.05, 4.69) is 41.6 Å². The second-order valence-corrected chi connectivity index (χ2v) is 19.1. The van der Waals surface area contributed by atoms with Crippen molar-refractivity contribution >= 4 is 75.7 Å². The van der Waals surface area contributed by atoms with Crippen molar-refractivity contribution < 1.29 is 47.5 Å². The highest BCUT2D eigenvalue weighted by Gasteiger charge is 2.40. The van der Waals surface area contributed by atoms with Crippen molar-refractivity contribution in [2.45, 2.75) is 127 Å². The lowest BCUT2D eigenvalue weighted by Gasteiger charge is -2.31. The highest BCUT2D eigenvalue weighted by molar-refractivity contribution is 5.98. The number of nitrogens with two attached hydrogens (primary N) is 5. The fraction of sp³-hybridized carbons (Fsp3) is 0.510. The number of Topliss-reactive ketones (excluding diaryl/α,β-unsaturated/α-hetero) is 2. The normalized spacial score (nSPS) is 22.2. The Balaban J connectivity index is 1.52. The lowest BCUT2D eigenvalue weighted by Crippen LogP contribution is -2.57. The predicted molar refractivity (Wildman–Crippen MR) is 277 cm³/mol. The van der Waals surface area contributed by atoms with Gasteiger partial charge in [0.15, 0.2) is 17.7 Å². The molecule has 1 aromatic heterocycles. The topological polar surface area (TPSA) is 388 Å². The van der Waals surface area contributed by atoms with Crippen LogP contribution in [0.5, 0.6) is 0 Å². The van der Waals surface area contributed by atoms with E-state index in [-0.39, 0.29) is 115 Å². The van der Waals surface area contributed by atoms with Crippen LogP contribution >= 0.6 is 0 Å². The van der Waals surface area contributed by atoms with Gasteiger partial charge in [0.2, 0.25) is 41.4 Å². The Hall–Kier alpha value is -7.92. The summed E-state index contributed by atoms with van der Waals surface area (Å²) in [6.07, 6.45) is 1.66. The quantitative estimate of drug-likeness (QED) is 0.0489. The van der Waals surface area contributed by atoms with E-state index in [1.165, 1.54) is 36.1 Å². The van der Waals surface area contributed by atoms with Gasteiger partial charge in [-0.25, -0.2) is 4.39 Å². The van der Waals surface area contributed by atoms with Gasteiger partial charge in [-0.3, -0.25) is 53.1 Å². The molecule has 16 N–H and O–H groups in total. The number of benzene rings is 2. The first-order valence-corrected chi connectivity index (χ1v) is 25.3. The molecule has 2 aliphatic heterocycles. The van der Waals surface area contributed by atoms with E-state index in [4.69, 9.17) is 28.7 Å². The molecule has 3 heterocycles. The average Bonchev–Trinajstić information content (AvgIpc) is 4.03. The number of aromatic amines is 1. The number of aromatic nitrogens is 1. The van der Waals surface area contributed by atoms with Crippen LogP contribution in [0.25, 0.3) is 10.9 Å². The zero-order valence-electron chi connectivity index (χ0n) is 42.2. The number of H-pyrrole nitrogens is 1. The summed E-state index contributed by atoms with van der Waals surface area (Å²) in [6.45, 7) is 1.55. The number of primary amides is 1. The van der Waals surface area contributed by atoms with Crippen LogP contribution in [0.2, 0.25) is 0 Å². The van der Waals surface area contributed by atoms with Gasteiger partial charge >= 0.3 is 0 Å². The minimum atomic E-state index is -1.39. The number of nitrogens with one attached hydrogen (secondary N) is 6. The summed E-state index contributed by atoms with van der Waals surface area (Å²) in [5.41, 5.74) is 29.8. The van der Waals surface area contributed by atoms with Gasteiger partial charge in [0.25, 0.3) is 0 Å². The van der Waals surface area contributed by atoms with Gasteiger partial charge in [0.05, 0.1) is 6.04 Å². The van der Waals surface area contributed by atoms with Gasteiger partial charge < -0.3 is 65.1 Å². The maximum absolute atomic E-state index is 14.7. The molecular formula is C51H71FN14O9. The zero-order chi connectivity index (χ0) is 54.6. The molecular weight excluding hydrogens is 972 g/mol. The number of carbonyl (C=O) groups excluding carboxylic acids is 9. The van der Waals surface area contributed by atoms with E-state index in [0.717, 1.165) is 10.9 Å². The molecule has 2 aromatic carbocycles. The molecule has 3 aromatic rings. The second kappa shape index (κ2) is 28.5. The van der Waals surface area contributed by atoms with E-state index < -0.39 is 107 Å². The van der Waals surface area contributed by atoms with E-state index in [1.54, 1.807) is 6.20 Å². The first-order chi connectivity index (χ1) is 35.8. The van der Waals surface area contributed by atoms with Gasteiger partial charge in [-0.05, 0) is 100.0 Å². The van der Waals surface area contributed by atoms with Crippen LogP contribution in [0, 0.1) is 17.7 Å². The standard InChI is InChI=1S/C51H71FN14O9/c1-29(67)62-38(12-6-22-60-51(56)57)47(73)64-39-18-19-44(70)58-20-5-11-37(45(53)71)63-46(72)32(25-33-28-61-36-10-3-2-9-35(33)36)27-42(68)31(8-4-21-59-50(54)55)26-43(69)40(24-30-14-16-34(52)17-15-30)65-48(74)41-13-7-23-66(41)49(39)75/h2-3,9-10,14-17,28,31-32,37-41,61H,4-8,11-13,18-27H2,1H3,(H2,53,71)(H,58,70)(H,62,67)(H,63,72)(H,64,73)(H,65,74)(H4,54,55,59)(H4,56,57,60)/t31-,32-,37+,38+,39+,40-,41+/m1/s1. The number of ketones is 2. The number of carbonyl (C=O) groups is 9. The molecule has 0 bridgehead atoms. The smallest absolute Gasteiger partial charge is 0.245 e. The largest absolute Gasteiger partial charge is 0.370 e.